The number of carboxylic acid groups (broad SMARTS) is 1. The zero-order chi connectivity index (χ0) is 34.0. The molecule has 0 unspecified atom stereocenters. The van der Waals surface area contributed by atoms with Crippen LogP contribution in [0.3, 0.4) is 0 Å². The molecule has 4 aromatic rings. The van der Waals surface area contributed by atoms with Gasteiger partial charge in [-0.2, -0.15) is 0 Å². The van der Waals surface area contributed by atoms with Gasteiger partial charge in [-0.05, 0) is 51.0 Å². The predicted molar refractivity (Wildman–Crippen MR) is 179 cm³/mol. The number of imidazole rings is 1. The number of hydrogen-bond donors (Lipinski definition) is 5. The van der Waals surface area contributed by atoms with Crippen molar-refractivity contribution >= 4 is 51.8 Å². The summed E-state index contributed by atoms with van der Waals surface area (Å²) in [4.78, 5) is 48.5. The molecule has 0 bridgehead atoms. The highest BCUT2D eigenvalue weighted by Crippen LogP contribution is 2.29. The van der Waals surface area contributed by atoms with Gasteiger partial charge in [0.1, 0.15) is 16.9 Å². The number of amides is 3. The number of nitrogens with one attached hydrogen (secondary N) is 3. The van der Waals surface area contributed by atoms with E-state index in [1.807, 2.05) is 24.3 Å². The Hall–Kier alpha value is -5.24. The van der Waals surface area contributed by atoms with Crippen molar-refractivity contribution in [1.82, 2.24) is 30.5 Å². The van der Waals surface area contributed by atoms with Crippen molar-refractivity contribution in [3.63, 3.8) is 0 Å². The lowest BCUT2D eigenvalue weighted by Crippen LogP contribution is -2.43. The molecule has 2 heterocycles. The fourth-order valence-corrected chi connectivity index (χ4v) is 4.84. The Morgan fingerprint density at radius 3 is 2.47 bits per heavy atom. The second kappa shape index (κ2) is 15.9. The number of nitrogen functional groups attached to an aromatic ring is 1. The van der Waals surface area contributed by atoms with E-state index in [9.17, 15) is 14.4 Å². The van der Waals surface area contributed by atoms with Crippen molar-refractivity contribution in [1.29, 1.82) is 0 Å². The number of carbonyl (C=O) groups is 3. The molecule has 4 rings (SSSR count). The molecule has 0 radical (unpaired) electrons. The minimum Gasteiger partial charge on any atom is -0.463 e. The van der Waals surface area contributed by atoms with Crippen molar-refractivity contribution in [3.8, 4) is 0 Å². The highest BCUT2D eigenvalue weighted by atomic mass is 16.6. The van der Waals surface area contributed by atoms with E-state index in [2.05, 4.69) is 37.4 Å². The molecule has 14 nitrogen and oxygen atoms in total. The topological polar surface area (TPSA) is 195 Å². The molecular formula is C33H42N8O6. The van der Waals surface area contributed by atoms with Crippen molar-refractivity contribution in [2.75, 3.05) is 25.5 Å². The number of aryl methyl sites for hydroxylation is 1. The zero-order valence-electron chi connectivity index (χ0n) is 27.1. The standard InChI is InChI=1S/C33H42N8O6/c1-5-6-11-25-38-26-27(23-9-7-8-10-24(23)37-28(26)34)41(25)17-19-46-18-16-35-29(42)22-14-12-21(13-15-22)20-36-30(39-31(43)44)40-32(45)47-33(2,3)4/h7-10,12-15H,5-6,11,16-20H2,1-4H3,(H2,34,37)(H,35,42)(H,43,44)(H2,36,39,40,45). The Balaban J connectivity index is 1.27. The number of hydrogen-bond acceptors (Lipinski definition) is 8. The lowest BCUT2D eigenvalue weighted by molar-refractivity contribution is 0.0561. The molecule has 14 heteroatoms. The molecule has 0 aliphatic rings. The fourth-order valence-electron chi connectivity index (χ4n) is 4.84. The summed E-state index contributed by atoms with van der Waals surface area (Å²) in [6.07, 6.45) is 0.546. The summed E-state index contributed by atoms with van der Waals surface area (Å²) in [5.41, 5.74) is 9.17. The maximum Gasteiger partial charge on any atom is 0.434 e. The van der Waals surface area contributed by atoms with E-state index in [4.69, 9.17) is 25.3 Å². The van der Waals surface area contributed by atoms with Gasteiger partial charge in [0.05, 0.1) is 24.2 Å². The van der Waals surface area contributed by atoms with Gasteiger partial charge in [0.2, 0.25) is 5.96 Å². The summed E-state index contributed by atoms with van der Waals surface area (Å²) in [7, 11) is 0. The Kier molecular flexibility index (Phi) is 11.7. The second-order valence-electron chi connectivity index (χ2n) is 11.8. The maximum absolute atomic E-state index is 12.7. The minimum absolute atomic E-state index is 0.142. The Bertz CT molecular complexity index is 1740. The number of fused-ring (bicyclic) bond motifs is 3. The van der Waals surface area contributed by atoms with E-state index in [0.29, 0.717) is 43.2 Å². The highest BCUT2D eigenvalue weighted by molar-refractivity contribution is 6.06. The van der Waals surface area contributed by atoms with Crippen LogP contribution in [-0.4, -0.2) is 69.1 Å². The van der Waals surface area contributed by atoms with Crippen LogP contribution >= 0.6 is 0 Å². The molecule has 47 heavy (non-hydrogen) atoms. The number of anilines is 1. The summed E-state index contributed by atoms with van der Waals surface area (Å²) in [6, 6.07) is 14.6. The van der Waals surface area contributed by atoms with Crippen LogP contribution < -0.4 is 21.7 Å². The van der Waals surface area contributed by atoms with Crippen LogP contribution in [0.15, 0.2) is 53.5 Å². The summed E-state index contributed by atoms with van der Waals surface area (Å²) in [5.74, 6) is 0.827. The molecule has 250 valence electrons. The number of alkyl carbamates (subject to hydrolysis) is 1. The average molecular weight is 647 g/mol. The first kappa shape index (κ1) is 34.6. The van der Waals surface area contributed by atoms with Gasteiger partial charge in [0.25, 0.3) is 5.91 Å². The minimum atomic E-state index is -1.48. The van der Waals surface area contributed by atoms with Gasteiger partial charge in [-0.15, -0.1) is 4.99 Å². The SMILES string of the molecule is CCCCc1nc2c(N)nc3ccccc3c2n1CCOCCNC(=O)c1ccc(CN/C(=N/C(=O)O)NC(=O)OC(C)(C)C)cc1. The van der Waals surface area contributed by atoms with Crippen LogP contribution in [0, 0.1) is 0 Å². The number of nitrogens with two attached hydrogens (primary N) is 1. The van der Waals surface area contributed by atoms with Crippen LogP contribution in [0.1, 0.15) is 62.3 Å². The van der Waals surface area contributed by atoms with Crippen LogP contribution in [0.25, 0.3) is 21.9 Å². The molecule has 0 aliphatic heterocycles. The number of ether oxygens (including phenoxy) is 2. The molecule has 0 fully saturated rings. The van der Waals surface area contributed by atoms with Crippen LogP contribution in [0.5, 0.6) is 0 Å². The predicted octanol–water partition coefficient (Wildman–Crippen LogP) is 4.60. The largest absolute Gasteiger partial charge is 0.463 e. The zero-order valence-corrected chi connectivity index (χ0v) is 27.1. The number of carbonyl (C=O) groups excluding carboxylic acids is 2. The second-order valence-corrected chi connectivity index (χ2v) is 11.8. The smallest absolute Gasteiger partial charge is 0.434 e. The summed E-state index contributed by atoms with van der Waals surface area (Å²) in [5, 5.41) is 17.9. The van der Waals surface area contributed by atoms with E-state index in [1.165, 1.54) is 0 Å². The summed E-state index contributed by atoms with van der Waals surface area (Å²) >= 11 is 0. The number of unbranched alkanes of at least 4 members (excludes halogenated alkanes) is 1. The van der Waals surface area contributed by atoms with E-state index in [1.54, 1.807) is 45.0 Å². The molecule has 0 saturated heterocycles. The third-order valence-electron chi connectivity index (χ3n) is 6.94. The Morgan fingerprint density at radius 1 is 1.02 bits per heavy atom. The third-order valence-corrected chi connectivity index (χ3v) is 6.94. The molecule has 0 aliphatic carbocycles. The van der Waals surface area contributed by atoms with Gasteiger partial charge >= 0.3 is 12.2 Å². The first-order valence-electron chi connectivity index (χ1n) is 15.5. The molecule has 2 aromatic heterocycles. The van der Waals surface area contributed by atoms with Crippen LogP contribution in [0.4, 0.5) is 15.4 Å². The van der Waals surface area contributed by atoms with Crippen molar-refractivity contribution in [3.05, 3.63) is 65.5 Å². The average Bonchev–Trinajstić information content (AvgIpc) is 3.38. The quantitative estimate of drug-likeness (QED) is 0.0824. The Labute approximate surface area is 272 Å². The first-order chi connectivity index (χ1) is 22.4. The molecule has 0 saturated carbocycles. The number of pyridine rings is 1. The van der Waals surface area contributed by atoms with Gasteiger partial charge in [-0.3, -0.25) is 10.1 Å². The van der Waals surface area contributed by atoms with E-state index in [-0.39, 0.29) is 18.4 Å². The van der Waals surface area contributed by atoms with Crippen molar-refractivity contribution in [2.24, 2.45) is 4.99 Å². The summed E-state index contributed by atoms with van der Waals surface area (Å²) in [6.45, 7) is 8.99. The number of rotatable bonds is 12. The lowest BCUT2D eigenvalue weighted by Gasteiger charge is -2.20. The van der Waals surface area contributed by atoms with Crippen LogP contribution in [-0.2, 0) is 29.0 Å². The summed E-state index contributed by atoms with van der Waals surface area (Å²) < 4.78 is 13.2. The first-order valence-corrected chi connectivity index (χ1v) is 15.5. The highest BCUT2D eigenvalue weighted by Gasteiger charge is 2.19. The van der Waals surface area contributed by atoms with Gasteiger partial charge in [0, 0.05) is 37.0 Å². The normalized spacial score (nSPS) is 11.9. The van der Waals surface area contributed by atoms with Gasteiger partial charge in [-0.1, -0.05) is 43.7 Å². The van der Waals surface area contributed by atoms with E-state index in [0.717, 1.165) is 47.1 Å². The molecule has 6 N–H and O–H groups in total. The number of guanidine groups is 1. The third kappa shape index (κ3) is 9.87. The van der Waals surface area contributed by atoms with Gasteiger partial charge < -0.3 is 35.5 Å². The van der Waals surface area contributed by atoms with E-state index < -0.39 is 17.8 Å². The molecule has 0 spiro atoms. The number of nitrogens with zero attached hydrogens (tertiary/aromatic N) is 4. The number of aliphatic imine (C=N–C) groups is 1. The van der Waals surface area contributed by atoms with E-state index >= 15 is 0 Å². The number of aromatic nitrogens is 3. The molecule has 3 amide bonds. The number of para-hydroxylation sites is 1. The lowest BCUT2D eigenvalue weighted by atomic mass is 10.1. The monoisotopic (exact) mass is 646 g/mol. The maximum atomic E-state index is 12.7. The number of benzene rings is 2. The molecular weight excluding hydrogens is 604 g/mol. The fraction of sp³-hybridized carbons (Fsp3) is 0.394. The molecule has 2 aromatic carbocycles. The van der Waals surface area contributed by atoms with Crippen molar-refractivity contribution < 1.29 is 29.0 Å². The van der Waals surface area contributed by atoms with Gasteiger partial charge in [-0.25, -0.2) is 19.6 Å². The van der Waals surface area contributed by atoms with Crippen molar-refractivity contribution in [2.45, 2.75) is 65.6 Å². The molecule has 0 atom stereocenters. The van der Waals surface area contributed by atoms with Gasteiger partial charge in [0.15, 0.2) is 5.82 Å². The van der Waals surface area contributed by atoms with Crippen LogP contribution in [0.2, 0.25) is 0 Å². The Morgan fingerprint density at radius 2 is 1.77 bits per heavy atom.